The van der Waals surface area contributed by atoms with Gasteiger partial charge in [0.1, 0.15) is 0 Å². The number of nitrogens with two attached hydrogens (primary N) is 1. The Balaban J connectivity index is 2.84. The Labute approximate surface area is 108 Å². The summed E-state index contributed by atoms with van der Waals surface area (Å²) in [6, 6.07) is 1.62. The number of rotatable bonds is 6. The zero-order valence-electron chi connectivity index (χ0n) is 12.7. The van der Waals surface area contributed by atoms with E-state index in [0.29, 0.717) is 12.1 Å². The first-order chi connectivity index (χ1) is 7.77. The quantitative estimate of drug-likeness (QED) is 0.772. The first-order valence-corrected chi connectivity index (χ1v) is 7.28. The molecule has 1 aliphatic carbocycles. The van der Waals surface area contributed by atoms with Gasteiger partial charge in [0.05, 0.1) is 0 Å². The highest BCUT2D eigenvalue weighted by Crippen LogP contribution is 2.36. The van der Waals surface area contributed by atoms with Gasteiger partial charge in [-0.1, -0.05) is 41.5 Å². The molecule has 2 heteroatoms. The molecule has 0 saturated heterocycles. The zero-order valence-corrected chi connectivity index (χ0v) is 12.7. The molecule has 0 aromatic heterocycles. The Morgan fingerprint density at radius 1 is 1.24 bits per heavy atom. The van der Waals surface area contributed by atoms with E-state index < -0.39 is 0 Å². The highest BCUT2D eigenvalue weighted by Gasteiger charge is 2.41. The van der Waals surface area contributed by atoms with Crippen molar-refractivity contribution in [2.24, 2.45) is 17.1 Å². The van der Waals surface area contributed by atoms with Crippen LogP contribution in [0.5, 0.6) is 0 Å². The second-order valence-corrected chi connectivity index (χ2v) is 7.20. The van der Waals surface area contributed by atoms with Crippen LogP contribution in [0.15, 0.2) is 0 Å². The number of nitrogens with zero attached hydrogens (tertiary/aromatic N) is 1. The predicted octanol–water partition coefficient (Wildman–Crippen LogP) is 3.26. The third-order valence-electron chi connectivity index (χ3n) is 3.71. The van der Waals surface area contributed by atoms with Crippen molar-refractivity contribution in [3.8, 4) is 0 Å². The van der Waals surface area contributed by atoms with Crippen LogP contribution < -0.4 is 5.73 Å². The van der Waals surface area contributed by atoms with Crippen LogP contribution in [0.4, 0.5) is 0 Å². The molecule has 1 rings (SSSR count). The fourth-order valence-electron chi connectivity index (χ4n) is 2.93. The van der Waals surface area contributed by atoms with E-state index in [1.807, 2.05) is 0 Å². The van der Waals surface area contributed by atoms with Crippen LogP contribution in [-0.2, 0) is 0 Å². The van der Waals surface area contributed by atoms with E-state index in [0.717, 1.165) is 18.4 Å². The summed E-state index contributed by atoms with van der Waals surface area (Å²) < 4.78 is 0. The minimum absolute atomic E-state index is 0.271. The van der Waals surface area contributed by atoms with Crippen LogP contribution in [0.1, 0.15) is 60.8 Å². The normalized spacial score (nSPS) is 21.0. The summed E-state index contributed by atoms with van der Waals surface area (Å²) in [5.41, 5.74) is 6.67. The van der Waals surface area contributed by atoms with Gasteiger partial charge in [0.25, 0.3) is 0 Å². The van der Waals surface area contributed by atoms with Gasteiger partial charge < -0.3 is 5.73 Å². The molecule has 0 heterocycles. The van der Waals surface area contributed by atoms with Crippen molar-refractivity contribution in [1.82, 2.24) is 4.90 Å². The third kappa shape index (κ3) is 4.26. The average Bonchev–Trinajstić information content (AvgIpc) is 2.96. The van der Waals surface area contributed by atoms with Gasteiger partial charge in [0.15, 0.2) is 0 Å². The maximum absolute atomic E-state index is 6.40. The van der Waals surface area contributed by atoms with E-state index in [1.165, 1.54) is 19.4 Å². The third-order valence-corrected chi connectivity index (χ3v) is 3.71. The highest BCUT2D eigenvalue weighted by molar-refractivity contribution is 4.97. The molecule has 0 radical (unpaired) electrons. The second kappa shape index (κ2) is 5.71. The van der Waals surface area contributed by atoms with Gasteiger partial charge in [-0.2, -0.15) is 0 Å². The van der Waals surface area contributed by atoms with Gasteiger partial charge >= 0.3 is 0 Å². The lowest BCUT2D eigenvalue weighted by atomic mass is 9.80. The van der Waals surface area contributed by atoms with E-state index in [-0.39, 0.29) is 5.41 Å². The molecule has 0 bridgehead atoms. The van der Waals surface area contributed by atoms with Crippen molar-refractivity contribution < 1.29 is 0 Å². The maximum Gasteiger partial charge on any atom is 0.0298 e. The van der Waals surface area contributed by atoms with E-state index in [1.54, 1.807) is 0 Å². The Kier molecular flexibility index (Phi) is 5.03. The molecule has 102 valence electrons. The topological polar surface area (TPSA) is 29.3 Å². The Bertz CT molecular complexity index is 226. The van der Waals surface area contributed by atoms with Crippen molar-refractivity contribution in [2.45, 2.75) is 78.9 Å². The summed E-state index contributed by atoms with van der Waals surface area (Å²) in [6.07, 6.45) is 3.81. The summed E-state index contributed by atoms with van der Waals surface area (Å²) in [6.45, 7) is 15.0. The molecule has 17 heavy (non-hydrogen) atoms. The van der Waals surface area contributed by atoms with Crippen molar-refractivity contribution >= 4 is 0 Å². The fourth-order valence-corrected chi connectivity index (χ4v) is 2.93. The molecular weight excluding hydrogens is 208 g/mol. The second-order valence-electron chi connectivity index (χ2n) is 7.20. The molecule has 2 nitrogen and oxygen atoms in total. The van der Waals surface area contributed by atoms with Gasteiger partial charge in [-0.25, -0.2) is 0 Å². The molecule has 0 aromatic rings. The zero-order chi connectivity index (χ0) is 13.2. The lowest BCUT2D eigenvalue weighted by Crippen LogP contribution is -2.56. The number of hydrogen-bond acceptors (Lipinski definition) is 2. The standard InChI is InChI=1S/C15H32N2/c1-7-13(16)14(15(4,5)6)17(10-11(2)3)12-8-9-12/h11-14H,7-10,16H2,1-6H3. The lowest BCUT2D eigenvalue weighted by molar-refractivity contribution is 0.0589. The van der Waals surface area contributed by atoms with Crippen LogP contribution in [0.2, 0.25) is 0 Å². The van der Waals surface area contributed by atoms with Crippen molar-refractivity contribution in [3.05, 3.63) is 0 Å². The van der Waals surface area contributed by atoms with Gasteiger partial charge in [-0.15, -0.1) is 0 Å². The van der Waals surface area contributed by atoms with Crippen molar-refractivity contribution in [2.75, 3.05) is 6.54 Å². The Hall–Kier alpha value is -0.0800. The van der Waals surface area contributed by atoms with E-state index in [2.05, 4.69) is 46.4 Å². The minimum Gasteiger partial charge on any atom is -0.326 e. The molecule has 2 atom stereocenters. The summed E-state index contributed by atoms with van der Waals surface area (Å²) in [4.78, 5) is 2.71. The number of hydrogen-bond donors (Lipinski definition) is 1. The Morgan fingerprint density at radius 3 is 2.06 bits per heavy atom. The van der Waals surface area contributed by atoms with Crippen molar-refractivity contribution in [1.29, 1.82) is 0 Å². The molecule has 0 aliphatic heterocycles. The summed E-state index contributed by atoms with van der Waals surface area (Å²) >= 11 is 0. The van der Waals surface area contributed by atoms with E-state index in [4.69, 9.17) is 5.73 Å². The average molecular weight is 240 g/mol. The molecule has 0 amide bonds. The summed E-state index contributed by atoms with van der Waals surface area (Å²) in [7, 11) is 0. The minimum atomic E-state index is 0.271. The van der Waals surface area contributed by atoms with Crippen LogP contribution >= 0.6 is 0 Å². The van der Waals surface area contributed by atoms with Crippen molar-refractivity contribution in [3.63, 3.8) is 0 Å². The smallest absolute Gasteiger partial charge is 0.0298 e. The first-order valence-electron chi connectivity index (χ1n) is 7.28. The lowest BCUT2D eigenvalue weighted by Gasteiger charge is -2.44. The molecule has 1 fully saturated rings. The Morgan fingerprint density at radius 2 is 1.76 bits per heavy atom. The molecule has 0 spiro atoms. The van der Waals surface area contributed by atoms with E-state index >= 15 is 0 Å². The van der Waals surface area contributed by atoms with Crippen LogP contribution in [0, 0.1) is 11.3 Å². The van der Waals surface area contributed by atoms with Gasteiger partial charge in [0, 0.05) is 24.7 Å². The molecule has 0 aromatic carbocycles. The van der Waals surface area contributed by atoms with Gasteiger partial charge in [-0.3, -0.25) is 4.90 Å². The SMILES string of the molecule is CCC(N)C(N(CC(C)C)C1CC1)C(C)(C)C. The highest BCUT2D eigenvalue weighted by atomic mass is 15.2. The maximum atomic E-state index is 6.40. The predicted molar refractivity (Wildman–Crippen MR) is 76.1 cm³/mol. The van der Waals surface area contributed by atoms with Gasteiger partial charge in [0.2, 0.25) is 0 Å². The molecular formula is C15H32N2. The van der Waals surface area contributed by atoms with Crippen LogP contribution in [0.3, 0.4) is 0 Å². The molecule has 2 unspecified atom stereocenters. The summed E-state index contributed by atoms with van der Waals surface area (Å²) in [5.74, 6) is 0.726. The molecule has 1 saturated carbocycles. The van der Waals surface area contributed by atoms with Crippen LogP contribution in [0.25, 0.3) is 0 Å². The molecule has 2 N–H and O–H groups in total. The molecule has 1 aliphatic rings. The van der Waals surface area contributed by atoms with Crippen LogP contribution in [-0.4, -0.2) is 29.6 Å². The largest absolute Gasteiger partial charge is 0.326 e. The first kappa shape index (κ1) is 15.0. The monoisotopic (exact) mass is 240 g/mol. The fraction of sp³-hybridized carbons (Fsp3) is 1.00. The van der Waals surface area contributed by atoms with E-state index in [9.17, 15) is 0 Å². The summed E-state index contributed by atoms with van der Waals surface area (Å²) in [5, 5.41) is 0. The van der Waals surface area contributed by atoms with Gasteiger partial charge in [-0.05, 0) is 30.6 Å².